The summed E-state index contributed by atoms with van der Waals surface area (Å²) < 4.78 is 0. The average molecular weight is 341 g/mol. The second kappa shape index (κ2) is 7.06. The number of hydrogen-bond donors (Lipinski definition) is 2. The molecule has 120 valence electrons. The summed E-state index contributed by atoms with van der Waals surface area (Å²) in [7, 11) is 0. The standard InChI is InChI=1S/C17H13ClN4O2/c18-12-7-5-11(6-8-12)9-16(23)21-22-17(24)15-10-19-13-3-1-2-4-14(13)20-15/h1-8,10H,9H2,(H,21,23)(H,22,24). The lowest BCUT2D eigenvalue weighted by Crippen LogP contribution is -2.42. The zero-order valence-electron chi connectivity index (χ0n) is 12.5. The Hall–Kier alpha value is -2.99. The predicted molar refractivity (Wildman–Crippen MR) is 90.3 cm³/mol. The summed E-state index contributed by atoms with van der Waals surface area (Å²) in [5, 5.41) is 0.599. The fourth-order valence-electron chi connectivity index (χ4n) is 2.09. The summed E-state index contributed by atoms with van der Waals surface area (Å²) >= 11 is 5.79. The smallest absolute Gasteiger partial charge is 0.273 e. The first-order valence-corrected chi connectivity index (χ1v) is 7.55. The molecule has 0 unspecified atom stereocenters. The number of carbonyl (C=O) groups excluding carboxylic acids is 2. The van der Waals surface area contributed by atoms with Gasteiger partial charge in [-0.25, -0.2) is 4.98 Å². The quantitative estimate of drug-likeness (QED) is 0.716. The lowest BCUT2D eigenvalue weighted by molar-refractivity contribution is -0.121. The molecule has 0 fully saturated rings. The Morgan fingerprint density at radius 3 is 2.42 bits per heavy atom. The van der Waals surface area contributed by atoms with E-state index in [0.29, 0.717) is 16.1 Å². The van der Waals surface area contributed by atoms with Crippen LogP contribution in [0.3, 0.4) is 0 Å². The zero-order valence-corrected chi connectivity index (χ0v) is 13.2. The number of nitrogens with one attached hydrogen (secondary N) is 2. The molecule has 6 nitrogen and oxygen atoms in total. The van der Waals surface area contributed by atoms with Crippen LogP contribution in [0.4, 0.5) is 0 Å². The van der Waals surface area contributed by atoms with E-state index < -0.39 is 5.91 Å². The number of hydrogen-bond acceptors (Lipinski definition) is 4. The van der Waals surface area contributed by atoms with Crippen LogP contribution in [0, 0.1) is 0 Å². The van der Waals surface area contributed by atoms with Crippen LogP contribution in [0.15, 0.2) is 54.7 Å². The van der Waals surface area contributed by atoms with Gasteiger partial charge in [-0.2, -0.15) is 0 Å². The van der Waals surface area contributed by atoms with Crippen molar-refractivity contribution in [1.82, 2.24) is 20.8 Å². The summed E-state index contributed by atoms with van der Waals surface area (Å²) in [6, 6.07) is 14.1. The van der Waals surface area contributed by atoms with Gasteiger partial charge in [0.2, 0.25) is 5.91 Å². The lowest BCUT2D eigenvalue weighted by atomic mass is 10.1. The number of rotatable bonds is 3. The van der Waals surface area contributed by atoms with E-state index in [9.17, 15) is 9.59 Å². The number of carbonyl (C=O) groups is 2. The molecule has 2 aromatic carbocycles. The molecule has 1 heterocycles. The second-order valence-electron chi connectivity index (χ2n) is 5.05. The number of benzene rings is 2. The molecule has 2 N–H and O–H groups in total. The van der Waals surface area contributed by atoms with Gasteiger partial charge in [0.15, 0.2) is 0 Å². The minimum Gasteiger partial charge on any atom is -0.273 e. The summed E-state index contributed by atoms with van der Waals surface area (Å²) in [6.45, 7) is 0. The van der Waals surface area contributed by atoms with Gasteiger partial charge in [0.05, 0.1) is 23.7 Å². The number of hydrazine groups is 1. The highest BCUT2D eigenvalue weighted by Crippen LogP contribution is 2.10. The number of amides is 2. The van der Waals surface area contributed by atoms with Crippen molar-refractivity contribution in [1.29, 1.82) is 0 Å². The molecule has 2 amide bonds. The van der Waals surface area contributed by atoms with E-state index in [1.165, 1.54) is 6.20 Å². The first-order valence-electron chi connectivity index (χ1n) is 7.17. The van der Waals surface area contributed by atoms with Gasteiger partial charge in [0.25, 0.3) is 5.91 Å². The molecule has 0 aliphatic heterocycles. The minimum atomic E-state index is -0.530. The average Bonchev–Trinajstić information content (AvgIpc) is 2.61. The van der Waals surface area contributed by atoms with Crippen molar-refractivity contribution >= 4 is 34.4 Å². The highest BCUT2D eigenvalue weighted by molar-refractivity contribution is 6.30. The Kier molecular flexibility index (Phi) is 4.67. The van der Waals surface area contributed by atoms with E-state index in [1.54, 1.807) is 36.4 Å². The maximum absolute atomic E-state index is 12.0. The van der Waals surface area contributed by atoms with Gasteiger partial charge in [-0.05, 0) is 29.8 Å². The number of nitrogens with zero attached hydrogens (tertiary/aromatic N) is 2. The van der Waals surface area contributed by atoms with Crippen LogP contribution < -0.4 is 10.9 Å². The van der Waals surface area contributed by atoms with Gasteiger partial charge in [-0.15, -0.1) is 0 Å². The third-order valence-corrected chi connectivity index (χ3v) is 3.53. The number of halogens is 1. The molecule has 24 heavy (non-hydrogen) atoms. The van der Waals surface area contributed by atoms with Gasteiger partial charge >= 0.3 is 0 Å². The molecule has 0 atom stereocenters. The molecule has 0 bridgehead atoms. The molecular weight excluding hydrogens is 328 g/mol. The molecule has 0 radical (unpaired) electrons. The van der Waals surface area contributed by atoms with Gasteiger partial charge in [-0.1, -0.05) is 35.9 Å². The molecule has 0 saturated carbocycles. The summed E-state index contributed by atoms with van der Waals surface area (Å²) in [5.41, 5.74) is 6.90. The number of fused-ring (bicyclic) bond motifs is 1. The summed E-state index contributed by atoms with van der Waals surface area (Å²) in [5.74, 6) is -0.878. The Labute approximate surface area is 142 Å². The van der Waals surface area contributed by atoms with Crippen molar-refractivity contribution in [3.05, 3.63) is 71.0 Å². The molecule has 0 spiro atoms. The van der Waals surface area contributed by atoms with E-state index in [4.69, 9.17) is 11.6 Å². The highest BCUT2D eigenvalue weighted by Gasteiger charge is 2.10. The fourth-order valence-corrected chi connectivity index (χ4v) is 2.21. The SMILES string of the molecule is O=C(Cc1ccc(Cl)cc1)NNC(=O)c1cnc2ccccc2n1. The number of aromatic nitrogens is 2. The number of para-hydroxylation sites is 2. The third kappa shape index (κ3) is 3.85. The van der Waals surface area contributed by atoms with Gasteiger partial charge < -0.3 is 0 Å². The minimum absolute atomic E-state index is 0.125. The topological polar surface area (TPSA) is 84.0 Å². The van der Waals surface area contributed by atoms with E-state index in [1.807, 2.05) is 12.1 Å². The third-order valence-electron chi connectivity index (χ3n) is 3.27. The van der Waals surface area contributed by atoms with Crippen molar-refractivity contribution in [2.75, 3.05) is 0 Å². The van der Waals surface area contributed by atoms with Crippen LogP contribution in [-0.4, -0.2) is 21.8 Å². The second-order valence-corrected chi connectivity index (χ2v) is 5.49. The van der Waals surface area contributed by atoms with Crippen molar-refractivity contribution < 1.29 is 9.59 Å². The van der Waals surface area contributed by atoms with Crippen molar-refractivity contribution in [2.45, 2.75) is 6.42 Å². The van der Waals surface area contributed by atoms with Crippen molar-refractivity contribution in [2.24, 2.45) is 0 Å². The lowest BCUT2D eigenvalue weighted by Gasteiger charge is -2.07. The van der Waals surface area contributed by atoms with Crippen LogP contribution in [-0.2, 0) is 11.2 Å². The first-order chi connectivity index (χ1) is 11.6. The molecule has 7 heteroatoms. The van der Waals surface area contributed by atoms with Crippen LogP contribution >= 0.6 is 11.6 Å². The van der Waals surface area contributed by atoms with E-state index >= 15 is 0 Å². The van der Waals surface area contributed by atoms with Gasteiger partial charge in [0.1, 0.15) is 5.69 Å². The van der Waals surface area contributed by atoms with Crippen LogP contribution in [0.2, 0.25) is 5.02 Å². The van der Waals surface area contributed by atoms with Crippen LogP contribution in [0.5, 0.6) is 0 Å². The summed E-state index contributed by atoms with van der Waals surface area (Å²) in [4.78, 5) is 32.3. The molecule has 0 saturated heterocycles. The Bertz CT molecular complexity index is 896. The maximum atomic E-state index is 12.0. The Morgan fingerprint density at radius 1 is 0.958 bits per heavy atom. The largest absolute Gasteiger partial charge is 0.289 e. The van der Waals surface area contributed by atoms with Crippen molar-refractivity contribution in [3.8, 4) is 0 Å². The van der Waals surface area contributed by atoms with Gasteiger partial charge in [0, 0.05) is 5.02 Å². The maximum Gasteiger partial charge on any atom is 0.289 e. The van der Waals surface area contributed by atoms with Crippen LogP contribution in [0.25, 0.3) is 11.0 Å². The molecule has 1 aromatic heterocycles. The van der Waals surface area contributed by atoms with Crippen molar-refractivity contribution in [3.63, 3.8) is 0 Å². The highest BCUT2D eigenvalue weighted by atomic mass is 35.5. The molecule has 3 rings (SSSR count). The zero-order chi connectivity index (χ0) is 16.9. The Morgan fingerprint density at radius 2 is 1.67 bits per heavy atom. The Balaban J connectivity index is 1.59. The van der Waals surface area contributed by atoms with Gasteiger partial charge in [-0.3, -0.25) is 25.4 Å². The monoisotopic (exact) mass is 340 g/mol. The predicted octanol–water partition coefficient (Wildman–Crippen LogP) is 2.29. The molecular formula is C17H13ClN4O2. The fraction of sp³-hybridized carbons (Fsp3) is 0.0588. The van der Waals surface area contributed by atoms with E-state index in [-0.39, 0.29) is 18.0 Å². The van der Waals surface area contributed by atoms with E-state index in [0.717, 1.165) is 5.56 Å². The molecule has 0 aliphatic carbocycles. The first kappa shape index (κ1) is 15.9. The molecule has 3 aromatic rings. The summed E-state index contributed by atoms with van der Waals surface area (Å²) in [6.07, 6.45) is 1.49. The van der Waals surface area contributed by atoms with E-state index in [2.05, 4.69) is 20.8 Å². The van der Waals surface area contributed by atoms with Crippen LogP contribution in [0.1, 0.15) is 16.1 Å². The normalized spacial score (nSPS) is 10.4. The molecule has 0 aliphatic rings.